The second kappa shape index (κ2) is 5.48. The first-order valence-electron chi connectivity index (χ1n) is 4.53. The molecule has 0 spiro atoms. The fourth-order valence-electron chi connectivity index (χ4n) is 1.29. The maximum atomic E-state index is 10.9. The molecule has 0 bridgehead atoms. The molecule has 0 saturated heterocycles. The number of hydrogen-bond donors (Lipinski definition) is 2. The monoisotopic (exact) mass is 254 g/mol. The van der Waals surface area contributed by atoms with E-state index in [2.05, 4.69) is 4.98 Å². The van der Waals surface area contributed by atoms with Gasteiger partial charge in [-0.3, -0.25) is 4.55 Å². The molecular formula is C8H15ClN2O3S. The van der Waals surface area contributed by atoms with Crippen molar-refractivity contribution in [1.29, 1.82) is 0 Å². The van der Waals surface area contributed by atoms with E-state index in [1.165, 1.54) is 6.20 Å². The zero-order valence-electron chi connectivity index (χ0n) is 8.70. The van der Waals surface area contributed by atoms with Gasteiger partial charge >= 0.3 is 10.3 Å². The summed E-state index contributed by atoms with van der Waals surface area (Å²) in [5, 5.41) is 0. The average molecular weight is 255 g/mol. The zero-order chi connectivity index (χ0) is 10.8. The average Bonchev–Trinajstić information content (AvgIpc) is 2.42. The molecule has 0 aliphatic rings. The Morgan fingerprint density at radius 3 is 2.60 bits per heavy atom. The highest BCUT2D eigenvalue weighted by atomic mass is 35.5. The molecule has 1 rings (SSSR count). The van der Waals surface area contributed by atoms with Gasteiger partial charge in [-0.1, -0.05) is 17.3 Å². The van der Waals surface area contributed by atoms with E-state index in [9.17, 15) is 8.42 Å². The molecule has 0 atom stereocenters. The third kappa shape index (κ3) is 3.81. The van der Waals surface area contributed by atoms with E-state index in [1.54, 1.807) is 6.92 Å². The summed E-state index contributed by atoms with van der Waals surface area (Å²) in [7, 11) is -4.16. The second-order valence-corrected chi connectivity index (χ2v) is 4.55. The van der Waals surface area contributed by atoms with Crippen LogP contribution < -0.4 is 16.4 Å². The van der Waals surface area contributed by atoms with Crippen molar-refractivity contribution in [2.24, 2.45) is 0 Å². The number of unbranched alkanes of at least 4 members (excludes halogenated alkanes) is 1. The van der Waals surface area contributed by atoms with Crippen molar-refractivity contribution in [2.75, 3.05) is 0 Å². The van der Waals surface area contributed by atoms with E-state index < -0.39 is 10.3 Å². The standard InChI is InChI=1S/C8H14N2O3S.ClH/c1-3-4-5-8-9-7(2)6-10(8)14(11,12)13;/h6H,3-5H2,1-2H3,(H,11,12,13);1H. The first kappa shape index (κ1) is 14.4. The van der Waals surface area contributed by atoms with E-state index in [-0.39, 0.29) is 12.4 Å². The van der Waals surface area contributed by atoms with Gasteiger partial charge in [-0.25, -0.2) is 4.98 Å². The maximum Gasteiger partial charge on any atom is 0.439 e. The van der Waals surface area contributed by atoms with E-state index >= 15 is 0 Å². The molecule has 1 heterocycles. The lowest BCUT2D eigenvalue weighted by atomic mass is 10.2. The van der Waals surface area contributed by atoms with Crippen LogP contribution in [0.2, 0.25) is 0 Å². The normalized spacial score (nSPS) is 11.1. The van der Waals surface area contributed by atoms with Gasteiger partial charge < -0.3 is 12.4 Å². The quantitative estimate of drug-likeness (QED) is 0.465. The first-order chi connectivity index (χ1) is 6.45. The number of aromatic nitrogens is 2. The number of rotatable bonds is 4. The van der Waals surface area contributed by atoms with Crippen molar-refractivity contribution in [2.45, 2.75) is 33.1 Å². The highest BCUT2D eigenvalue weighted by Gasteiger charge is 2.22. The largest absolute Gasteiger partial charge is 1.00 e. The Morgan fingerprint density at radius 1 is 1.53 bits per heavy atom. The van der Waals surface area contributed by atoms with E-state index in [4.69, 9.17) is 4.55 Å². The summed E-state index contributed by atoms with van der Waals surface area (Å²) in [4.78, 5) is 2.91. The van der Waals surface area contributed by atoms with Gasteiger partial charge in [-0.05, 0) is 6.42 Å². The SMILES string of the molecule is CCCCc1[nH]c(C)c[n+]1S(=O)(=O)O.[Cl-]. The van der Waals surface area contributed by atoms with Crippen molar-refractivity contribution >= 4 is 10.3 Å². The third-order valence-corrected chi connectivity index (χ3v) is 2.76. The fourth-order valence-corrected chi connectivity index (χ4v) is 2.00. The van der Waals surface area contributed by atoms with Crippen LogP contribution in [0.3, 0.4) is 0 Å². The van der Waals surface area contributed by atoms with Crippen LogP contribution in [0.5, 0.6) is 0 Å². The number of aryl methyl sites for hydroxylation is 2. The summed E-state index contributed by atoms with van der Waals surface area (Å²) >= 11 is 0. The smallest absolute Gasteiger partial charge is 0.439 e. The summed E-state index contributed by atoms with van der Waals surface area (Å²) < 4.78 is 31.6. The Balaban J connectivity index is 0.00000196. The van der Waals surface area contributed by atoms with Gasteiger partial charge in [0.05, 0.1) is 6.42 Å². The van der Waals surface area contributed by atoms with Crippen molar-refractivity contribution < 1.29 is 29.3 Å². The molecule has 0 aromatic carbocycles. The molecule has 0 radical (unpaired) electrons. The van der Waals surface area contributed by atoms with Crippen LogP contribution in [0, 0.1) is 6.92 Å². The Bertz CT molecular complexity index is 414. The number of halogens is 1. The topological polar surface area (TPSA) is 74.0 Å². The van der Waals surface area contributed by atoms with Crippen LogP contribution in [-0.2, 0) is 16.7 Å². The first-order valence-corrected chi connectivity index (χ1v) is 5.93. The van der Waals surface area contributed by atoms with Gasteiger partial charge in [0.1, 0.15) is 5.69 Å². The molecule has 0 amide bonds. The van der Waals surface area contributed by atoms with Crippen molar-refractivity contribution in [3.63, 3.8) is 0 Å². The molecule has 15 heavy (non-hydrogen) atoms. The molecule has 0 saturated carbocycles. The van der Waals surface area contributed by atoms with Crippen LogP contribution in [0.25, 0.3) is 0 Å². The summed E-state index contributed by atoms with van der Waals surface area (Å²) in [6.07, 6.45) is 3.85. The Morgan fingerprint density at radius 2 is 2.13 bits per heavy atom. The van der Waals surface area contributed by atoms with Gasteiger partial charge in [0.2, 0.25) is 0 Å². The summed E-state index contributed by atoms with van der Waals surface area (Å²) in [6.45, 7) is 3.77. The van der Waals surface area contributed by atoms with Crippen LogP contribution >= 0.6 is 0 Å². The lowest BCUT2D eigenvalue weighted by molar-refractivity contribution is -0.527. The number of H-pyrrole nitrogens is 1. The lowest BCUT2D eigenvalue weighted by Crippen LogP contribution is -3.00. The highest BCUT2D eigenvalue weighted by Crippen LogP contribution is 2.00. The van der Waals surface area contributed by atoms with E-state index in [0.717, 1.165) is 16.8 Å². The van der Waals surface area contributed by atoms with Crippen molar-refractivity contribution in [3.8, 4) is 0 Å². The van der Waals surface area contributed by atoms with Gasteiger partial charge in [0.25, 0.3) is 5.82 Å². The second-order valence-electron chi connectivity index (χ2n) is 3.26. The molecule has 0 aliphatic carbocycles. The van der Waals surface area contributed by atoms with E-state index in [1.807, 2.05) is 6.92 Å². The van der Waals surface area contributed by atoms with Crippen LogP contribution in [0.15, 0.2) is 6.20 Å². The Hall–Kier alpha value is -0.590. The number of nitrogens with zero attached hydrogens (tertiary/aromatic N) is 1. The van der Waals surface area contributed by atoms with Crippen LogP contribution in [0.4, 0.5) is 0 Å². The molecule has 5 nitrogen and oxygen atoms in total. The predicted molar refractivity (Wildman–Crippen MR) is 51.3 cm³/mol. The molecule has 0 aliphatic heterocycles. The molecule has 2 N–H and O–H groups in total. The Kier molecular flexibility index (Phi) is 5.27. The number of hydrogen-bond acceptors (Lipinski definition) is 2. The minimum Gasteiger partial charge on any atom is -1.00 e. The Labute approximate surface area is 95.8 Å². The van der Waals surface area contributed by atoms with E-state index in [0.29, 0.717) is 17.9 Å². The van der Waals surface area contributed by atoms with Gasteiger partial charge in [-0.15, -0.1) is 0 Å². The molecule has 0 fully saturated rings. The predicted octanol–water partition coefficient (Wildman–Crippen LogP) is -2.39. The number of nitrogens with one attached hydrogen (secondary N) is 1. The zero-order valence-corrected chi connectivity index (χ0v) is 10.3. The minimum atomic E-state index is -4.16. The lowest BCUT2D eigenvalue weighted by Gasteiger charge is -1.94. The van der Waals surface area contributed by atoms with Gasteiger partial charge in [0.15, 0.2) is 6.20 Å². The fraction of sp³-hybridized carbons (Fsp3) is 0.625. The molecule has 1 aromatic rings. The van der Waals surface area contributed by atoms with Crippen molar-refractivity contribution in [1.82, 2.24) is 4.98 Å². The third-order valence-electron chi connectivity index (χ3n) is 1.93. The van der Waals surface area contributed by atoms with Crippen LogP contribution in [0.1, 0.15) is 31.3 Å². The molecule has 0 unspecified atom stereocenters. The summed E-state index contributed by atoms with van der Waals surface area (Å²) in [5.74, 6) is 0.520. The molecule has 1 aromatic heterocycles. The number of aromatic amines is 1. The minimum absolute atomic E-state index is 0. The highest BCUT2D eigenvalue weighted by molar-refractivity contribution is 7.79. The van der Waals surface area contributed by atoms with Crippen LogP contribution in [-0.4, -0.2) is 18.0 Å². The molecular weight excluding hydrogens is 240 g/mol. The van der Waals surface area contributed by atoms with Gasteiger partial charge in [-0.2, -0.15) is 8.42 Å². The summed E-state index contributed by atoms with van der Waals surface area (Å²) in [6, 6.07) is 0. The number of imidazole rings is 1. The maximum absolute atomic E-state index is 10.9. The van der Waals surface area contributed by atoms with Gasteiger partial charge in [0, 0.05) is 6.92 Å². The molecule has 88 valence electrons. The summed E-state index contributed by atoms with van der Waals surface area (Å²) in [5.41, 5.74) is 0.716. The molecule has 7 heteroatoms. The van der Waals surface area contributed by atoms with Crippen molar-refractivity contribution in [3.05, 3.63) is 17.7 Å².